The first-order valence-corrected chi connectivity index (χ1v) is 10.3. The first-order chi connectivity index (χ1) is 12.5. The minimum atomic E-state index is -3.74. The third-order valence-electron chi connectivity index (χ3n) is 4.26. The van der Waals surface area contributed by atoms with Gasteiger partial charge in [-0.05, 0) is 36.7 Å². The number of aryl methyl sites for hydroxylation is 1. The van der Waals surface area contributed by atoms with Crippen LogP contribution >= 0.6 is 11.5 Å². The Morgan fingerprint density at radius 1 is 1.22 bits per heavy atom. The molecule has 0 unspecified atom stereocenters. The lowest BCUT2D eigenvalue weighted by Gasteiger charge is -2.13. The summed E-state index contributed by atoms with van der Waals surface area (Å²) in [6.45, 7) is 1.65. The summed E-state index contributed by atoms with van der Waals surface area (Å²) in [7, 11) is -1.05. The van der Waals surface area contributed by atoms with E-state index in [-0.39, 0.29) is 11.4 Å². The van der Waals surface area contributed by atoms with Crippen molar-refractivity contribution >= 4 is 37.5 Å². The van der Waals surface area contributed by atoms with E-state index in [9.17, 15) is 22.8 Å². The standard InChI is InChI=1S/C16H16N4O5S2/c1-9-7-13(21)20(16(23)18(9)2)10-5-6-12-11(8-10)14(17-26-12)15(22)19(3)27(4,24)25/h5-8H,1-4H3. The summed E-state index contributed by atoms with van der Waals surface area (Å²) in [5.74, 6) is -0.787. The largest absolute Gasteiger partial charge is 0.335 e. The summed E-state index contributed by atoms with van der Waals surface area (Å²) < 4.78 is 30.9. The fourth-order valence-corrected chi connectivity index (χ4v) is 3.63. The molecule has 0 aliphatic carbocycles. The van der Waals surface area contributed by atoms with Crippen LogP contribution in [0.15, 0.2) is 33.9 Å². The van der Waals surface area contributed by atoms with Crippen molar-refractivity contribution in [1.29, 1.82) is 0 Å². The summed E-state index contributed by atoms with van der Waals surface area (Å²) in [5.41, 5.74) is -0.292. The summed E-state index contributed by atoms with van der Waals surface area (Å²) in [6.07, 6.45) is 0.917. The summed E-state index contributed by atoms with van der Waals surface area (Å²) >= 11 is 1.03. The maximum absolute atomic E-state index is 12.5. The van der Waals surface area contributed by atoms with Crippen LogP contribution in [0.25, 0.3) is 15.8 Å². The molecule has 3 rings (SSSR count). The van der Waals surface area contributed by atoms with E-state index in [2.05, 4.69) is 4.37 Å². The molecule has 3 aromatic rings. The molecule has 27 heavy (non-hydrogen) atoms. The Hall–Kier alpha value is -2.79. The van der Waals surface area contributed by atoms with Crippen LogP contribution in [-0.2, 0) is 17.1 Å². The van der Waals surface area contributed by atoms with Gasteiger partial charge in [-0.25, -0.2) is 22.1 Å². The van der Waals surface area contributed by atoms with Crippen LogP contribution in [0.1, 0.15) is 16.2 Å². The van der Waals surface area contributed by atoms with Crippen LogP contribution < -0.4 is 11.2 Å². The first kappa shape index (κ1) is 19.0. The Morgan fingerprint density at radius 2 is 1.89 bits per heavy atom. The van der Waals surface area contributed by atoms with Crippen molar-refractivity contribution < 1.29 is 13.2 Å². The van der Waals surface area contributed by atoms with Crippen molar-refractivity contribution in [3.05, 3.63) is 56.5 Å². The summed E-state index contributed by atoms with van der Waals surface area (Å²) in [5, 5.41) is 0.368. The first-order valence-electron chi connectivity index (χ1n) is 7.70. The van der Waals surface area contributed by atoms with Crippen LogP contribution in [-0.4, -0.2) is 45.4 Å². The number of amides is 1. The highest BCUT2D eigenvalue weighted by atomic mass is 32.2. The van der Waals surface area contributed by atoms with E-state index >= 15 is 0 Å². The molecule has 2 aromatic heterocycles. The SMILES string of the molecule is Cc1cc(=O)n(-c2ccc3snc(C(=O)N(C)S(C)(=O)=O)c3c2)c(=O)n1C. The monoisotopic (exact) mass is 408 g/mol. The number of carbonyl (C=O) groups is 1. The van der Waals surface area contributed by atoms with E-state index < -0.39 is 27.2 Å². The molecule has 9 nitrogen and oxygen atoms in total. The lowest BCUT2D eigenvalue weighted by molar-refractivity contribution is 0.0881. The van der Waals surface area contributed by atoms with E-state index in [1.807, 2.05) is 0 Å². The van der Waals surface area contributed by atoms with Crippen molar-refractivity contribution in [2.45, 2.75) is 6.92 Å². The number of carbonyl (C=O) groups excluding carboxylic acids is 1. The van der Waals surface area contributed by atoms with Gasteiger partial charge in [0, 0.05) is 31.2 Å². The number of aromatic nitrogens is 3. The number of hydrogen-bond acceptors (Lipinski definition) is 7. The molecule has 0 N–H and O–H groups in total. The lowest BCUT2D eigenvalue weighted by atomic mass is 10.2. The van der Waals surface area contributed by atoms with E-state index in [1.165, 1.54) is 16.7 Å². The number of sulfonamides is 1. The highest BCUT2D eigenvalue weighted by molar-refractivity contribution is 7.88. The quantitative estimate of drug-likeness (QED) is 0.623. The Bertz CT molecular complexity index is 1300. The third kappa shape index (κ3) is 3.19. The maximum atomic E-state index is 12.5. The van der Waals surface area contributed by atoms with Gasteiger partial charge in [-0.2, -0.15) is 4.37 Å². The molecular formula is C16H16N4O5S2. The molecule has 0 bridgehead atoms. The van der Waals surface area contributed by atoms with Gasteiger partial charge in [0.05, 0.1) is 16.6 Å². The predicted molar refractivity (Wildman–Crippen MR) is 102 cm³/mol. The second-order valence-electron chi connectivity index (χ2n) is 6.05. The molecule has 1 aromatic carbocycles. The molecule has 0 aliphatic rings. The minimum absolute atomic E-state index is 0.0539. The van der Waals surface area contributed by atoms with Gasteiger partial charge in [0.2, 0.25) is 10.0 Å². The molecule has 0 radical (unpaired) electrons. The van der Waals surface area contributed by atoms with Crippen LogP contribution in [0.4, 0.5) is 0 Å². The minimum Gasteiger partial charge on any atom is -0.301 e. The molecule has 0 fully saturated rings. The van der Waals surface area contributed by atoms with Crippen molar-refractivity contribution in [1.82, 2.24) is 17.8 Å². The van der Waals surface area contributed by atoms with Gasteiger partial charge >= 0.3 is 5.69 Å². The zero-order chi connectivity index (χ0) is 20.1. The Morgan fingerprint density at radius 3 is 2.52 bits per heavy atom. The molecule has 0 atom stereocenters. The summed E-state index contributed by atoms with van der Waals surface area (Å²) in [4.78, 5) is 37.3. The third-order valence-corrected chi connectivity index (χ3v) is 6.25. The van der Waals surface area contributed by atoms with E-state index in [0.29, 0.717) is 20.1 Å². The molecular weight excluding hydrogens is 392 g/mol. The molecule has 1 amide bonds. The lowest BCUT2D eigenvalue weighted by Crippen LogP contribution is -2.38. The summed E-state index contributed by atoms with van der Waals surface area (Å²) in [6, 6.07) is 6.03. The van der Waals surface area contributed by atoms with Crippen molar-refractivity contribution in [3.8, 4) is 5.69 Å². The Kier molecular flexibility index (Phi) is 4.52. The van der Waals surface area contributed by atoms with Crippen molar-refractivity contribution in [2.75, 3.05) is 13.3 Å². The molecule has 142 valence electrons. The fraction of sp³-hybridized carbons (Fsp3) is 0.250. The number of nitrogens with zero attached hydrogens (tertiary/aromatic N) is 4. The van der Waals surface area contributed by atoms with Gasteiger partial charge in [-0.3, -0.25) is 9.59 Å². The average molecular weight is 408 g/mol. The highest BCUT2D eigenvalue weighted by Gasteiger charge is 2.24. The van der Waals surface area contributed by atoms with Gasteiger partial charge in [-0.15, -0.1) is 0 Å². The van der Waals surface area contributed by atoms with Crippen LogP contribution in [0.5, 0.6) is 0 Å². The maximum Gasteiger partial charge on any atom is 0.335 e. The normalized spacial score (nSPS) is 11.7. The van der Waals surface area contributed by atoms with E-state index in [4.69, 9.17) is 0 Å². The molecule has 0 saturated carbocycles. The van der Waals surface area contributed by atoms with Gasteiger partial charge in [0.1, 0.15) is 0 Å². The van der Waals surface area contributed by atoms with Gasteiger partial charge in [-0.1, -0.05) is 0 Å². The second kappa shape index (κ2) is 6.43. The molecule has 11 heteroatoms. The van der Waals surface area contributed by atoms with E-state index in [0.717, 1.165) is 29.4 Å². The van der Waals surface area contributed by atoms with Gasteiger partial charge < -0.3 is 4.57 Å². The van der Waals surface area contributed by atoms with Gasteiger partial charge in [0.15, 0.2) is 5.69 Å². The predicted octanol–water partition coefficient (Wildman–Crippen LogP) is 0.486. The Balaban J connectivity index is 2.24. The topological polar surface area (TPSA) is 111 Å². The fourth-order valence-electron chi connectivity index (χ4n) is 2.49. The zero-order valence-corrected chi connectivity index (χ0v) is 16.6. The van der Waals surface area contributed by atoms with E-state index in [1.54, 1.807) is 26.1 Å². The Labute approximate surface area is 158 Å². The molecule has 0 spiro atoms. The smallest absolute Gasteiger partial charge is 0.301 e. The molecule has 0 saturated heterocycles. The molecule has 2 heterocycles. The number of hydrogen-bond donors (Lipinski definition) is 0. The van der Waals surface area contributed by atoms with Crippen molar-refractivity contribution in [3.63, 3.8) is 0 Å². The van der Waals surface area contributed by atoms with Crippen LogP contribution in [0.2, 0.25) is 0 Å². The second-order valence-corrected chi connectivity index (χ2v) is 8.87. The van der Waals surface area contributed by atoms with Crippen LogP contribution in [0.3, 0.4) is 0 Å². The van der Waals surface area contributed by atoms with Crippen LogP contribution in [0, 0.1) is 6.92 Å². The highest BCUT2D eigenvalue weighted by Crippen LogP contribution is 2.26. The molecule has 0 aliphatic heterocycles. The number of fused-ring (bicyclic) bond motifs is 1. The van der Waals surface area contributed by atoms with Gasteiger partial charge in [0.25, 0.3) is 11.5 Å². The average Bonchev–Trinajstić information content (AvgIpc) is 3.01. The number of rotatable bonds is 3. The zero-order valence-electron chi connectivity index (χ0n) is 15.0. The number of benzene rings is 1. The van der Waals surface area contributed by atoms with Crippen molar-refractivity contribution in [2.24, 2.45) is 7.05 Å².